The van der Waals surface area contributed by atoms with Crippen LogP contribution in [0.1, 0.15) is 31.2 Å². The van der Waals surface area contributed by atoms with E-state index in [9.17, 15) is 5.26 Å². The molecule has 7 nitrogen and oxygen atoms in total. The first-order valence-electron chi connectivity index (χ1n) is 12.9. The Bertz CT molecular complexity index is 1370. The van der Waals surface area contributed by atoms with Crippen molar-refractivity contribution in [2.24, 2.45) is 5.92 Å². The molecule has 1 atom stereocenters. The molecule has 2 aliphatic rings. The van der Waals surface area contributed by atoms with Crippen LogP contribution in [0.2, 0.25) is 0 Å². The predicted octanol–water partition coefficient (Wildman–Crippen LogP) is 4.91. The highest BCUT2D eigenvalue weighted by molar-refractivity contribution is 5.82. The maximum Gasteiger partial charge on any atom is 0.259 e. The van der Waals surface area contributed by atoms with Gasteiger partial charge in [0.2, 0.25) is 5.65 Å². The number of imidazole rings is 1. The van der Waals surface area contributed by atoms with Crippen LogP contribution in [0.3, 0.4) is 0 Å². The smallest absolute Gasteiger partial charge is 0.259 e. The number of piperidine rings is 1. The molecule has 0 amide bonds. The number of hydrogen-bond donors (Lipinski definition) is 1. The molecular formula is C29H30N6O. The number of nitrogens with zero attached hydrogens (tertiary/aromatic N) is 5. The van der Waals surface area contributed by atoms with Gasteiger partial charge in [-0.1, -0.05) is 24.3 Å². The molecule has 2 aliphatic heterocycles. The number of nitrogens with one attached hydrogen (secondary N) is 1. The summed E-state index contributed by atoms with van der Waals surface area (Å²) in [4.78, 5) is 12.1. The maximum absolute atomic E-state index is 9.29. The molecule has 7 heteroatoms. The summed E-state index contributed by atoms with van der Waals surface area (Å²) >= 11 is 0. The highest BCUT2D eigenvalue weighted by atomic mass is 16.5. The summed E-state index contributed by atoms with van der Waals surface area (Å²) < 4.78 is 8.35. The number of anilines is 1. The first kappa shape index (κ1) is 22.6. The van der Waals surface area contributed by atoms with Gasteiger partial charge in [0.1, 0.15) is 0 Å². The van der Waals surface area contributed by atoms with Crippen molar-refractivity contribution in [1.82, 2.24) is 19.7 Å². The molecule has 0 unspecified atom stereocenters. The van der Waals surface area contributed by atoms with E-state index in [4.69, 9.17) is 9.72 Å². The van der Waals surface area contributed by atoms with Crippen LogP contribution in [0.15, 0.2) is 60.9 Å². The van der Waals surface area contributed by atoms with Crippen molar-refractivity contribution in [2.45, 2.75) is 25.7 Å². The first-order valence-corrected chi connectivity index (χ1v) is 12.9. The van der Waals surface area contributed by atoms with Gasteiger partial charge in [0.05, 0.1) is 29.6 Å². The molecule has 2 saturated heterocycles. The van der Waals surface area contributed by atoms with Gasteiger partial charge in [0.15, 0.2) is 0 Å². The van der Waals surface area contributed by atoms with Gasteiger partial charge < -0.3 is 15.0 Å². The quantitative estimate of drug-likeness (QED) is 0.424. The van der Waals surface area contributed by atoms with Crippen LogP contribution in [-0.4, -0.2) is 47.2 Å². The molecule has 36 heavy (non-hydrogen) atoms. The Hall–Kier alpha value is -3.89. The fourth-order valence-corrected chi connectivity index (χ4v) is 5.27. The van der Waals surface area contributed by atoms with E-state index in [2.05, 4.69) is 49.9 Å². The van der Waals surface area contributed by atoms with E-state index in [-0.39, 0.29) is 0 Å². The van der Waals surface area contributed by atoms with Crippen LogP contribution >= 0.6 is 0 Å². The average molecular weight is 479 g/mol. The SMILES string of the molecule is N#Cc1ccc(-c2nc(OC[C@@H]3CCNC3)c3nccn3c2-c2ccc(N3CCCCC3)cc2)cc1. The molecule has 2 aromatic heterocycles. The van der Waals surface area contributed by atoms with Crippen LogP contribution in [0.4, 0.5) is 5.69 Å². The summed E-state index contributed by atoms with van der Waals surface area (Å²) in [5.41, 5.74) is 6.39. The number of fused-ring (bicyclic) bond motifs is 1. The fourth-order valence-electron chi connectivity index (χ4n) is 5.27. The van der Waals surface area contributed by atoms with Gasteiger partial charge in [-0.25, -0.2) is 9.97 Å². The number of rotatable bonds is 6. The third-order valence-electron chi connectivity index (χ3n) is 7.28. The number of hydrogen-bond acceptors (Lipinski definition) is 6. The monoisotopic (exact) mass is 478 g/mol. The molecule has 6 rings (SSSR count). The Labute approximate surface area is 211 Å². The zero-order chi connectivity index (χ0) is 24.3. The molecule has 2 aromatic carbocycles. The minimum atomic E-state index is 0.474. The third-order valence-corrected chi connectivity index (χ3v) is 7.28. The maximum atomic E-state index is 9.29. The second kappa shape index (κ2) is 10.00. The Kier molecular flexibility index (Phi) is 6.27. The molecule has 182 valence electrons. The van der Waals surface area contributed by atoms with Crippen molar-refractivity contribution in [3.63, 3.8) is 0 Å². The van der Waals surface area contributed by atoms with Crippen LogP contribution in [0.5, 0.6) is 5.88 Å². The lowest BCUT2D eigenvalue weighted by molar-refractivity contribution is 0.253. The lowest BCUT2D eigenvalue weighted by Crippen LogP contribution is -2.29. The zero-order valence-electron chi connectivity index (χ0n) is 20.4. The number of benzene rings is 2. The van der Waals surface area contributed by atoms with Crippen LogP contribution < -0.4 is 15.0 Å². The summed E-state index contributed by atoms with van der Waals surface area (Å²) in [5.74, 6) is 1.02. The van der Waals surface area contributed by atoms with E-state index in [1.54, 1.807) is 6.20 Å². The summed E-state index contributed by atoms with van der Waals surface area (Å²) in [6, 6.07) is 18.6. The molecule has 2 fully saturated rings. The highest BCUT2D eigenvalue weighted by Gasteiger charge is 2.22. The third kappa shape index (κ3) is 4.40. The van der Waals surface area contributed by atoms with Gasteiger partial charge in [0.25, 0.3) is 5.88 Å². The van der Waals surface area contributed by atoms with Gasteiger partial charge in [-0.3, -0.25) is 4.40 Å². The Morgan fingerprint density at radius 2 is 1.78 bits per heavy atom. The number of nitriles is 1. The number of aromatic nitrogens is 3. The summed E-state index contributed by atoms with van der Waals surface area (Å²) in [6.07, 6.45) is 8.70. The van der Waals surface area contributed by atoms with E-state index < -0.39 is 0 Å². The van der Waals surface area contributed by atoms with Crippen molar-refractivity contribution in [3.8, 4) is 34.5 Å². The first-order chi connectivity index (χ1) is 17.8. The van der Waals surface area contributed by atoms with E-state index in [1.165, 1.54) is 24.9 Å². The van der Waals surface area contributed by atoms with Crippen molar-refractivity contribution < 1.29 is 4.74 Å². The Morgan fingerprint density at radius 1 is 1.00 bits per heavy atom. The molecular weight excluding hydrogens is 448 g/mol. The van der Waals surface area contributed by atoms with E-state index >= 15 is 0 Å². The molecule has 4 heterocycles. The van der Waals surface area contributed by atoms with E-state index in [0.29, 0.717) is 29.6 Å². The summed E-state index contributed by atoms with van der Waals surface area (Å²) in [7, 11) is 0. The molecule has 0 saturated carbocycles. The summed E-state index contributed by atoms with van der Waals surface area (Å²) in [5, 5.41) is 12.7. The molecule has 0 aliphatic carbocycles. The standard InChI is InChI=1S/C29H30N6O/c30-18-21-4-6-23(7-5-21)26-27(24-8-10-25(11-9-24)34-15-2-1-3-16-34)35-17-14-32-28(35)29(33-26)36-20-22-12-13-31-19-22/h4-11,14,17,22,31H,1-3,12-13,15-16,19-20H2/t22-/m1/s1. The van der Waals surface area contributed by atoms with Gasteiger partial charge in [0, 0.05) is 54.8 Å². The zero-order valence-corrected chi connectivity index (χ0v) is 20.4. The Morgan fingerprint density at radius 3 is 2.50 bits per heavy atom. The van der Waals surface area contributed by atoms with E-state index in [0.717, 1.165) is 55.1 Å². The lowest BCUT2D eigenvalue weighted by Gasteiger charge is -2.29. The van der Waals surface area contributed by atoms with Gasteiger partial charge in [-0.05, 0) is 56.5 Å². The van der Waals surface area contributed by atoms with Crippen LogP contribution in [-0.2, 0) is 0 Å². The lowest BCUT2D eigenvalue weighted by atomic mass is 10.0. The van der Waals surface area contributed by atoms with E-state index in [1.807, 2.05) is 30.5 Å². The topological polar surface area (TPSA) is 78.5 Å². The van der Waals surface area contributed by atoms with Gasteiger partial charge >= 0.3 is 0 Å². The van der Waals surface area contributed by atoms with Crippen molar-refractivity contribution in [2.75, 3.05) is 37.7 Å². The fraction of sp³-hybridized carbons (Fsp3) is 0.345. The van der Waals surface area contributed by atoms with Crippen LogP contribution in [0.25, 0.3) is 28.2 Å². The predicted molar refractivity (Wildman–Crippen MR) is 141 cm³/mol. The van der Waals surface area contributed by atoms with Crippen molar-refractivity contribution in [3.05, 3.63) is 66.5 Å². The second-order valence-electron chi connectivity index (χ2n) is 9.69. The van der Waals surface area contributed by atoms with Gasteiger partial charge in [-0.2, -0.15) is 5.26 Å². The molecule has 0 bridgehead atoms. The minimum Gasteiger partial charge on any atom is -0.475 e. The Balaban J connectivity index is 1.44. The number of ether oxygens (including phenoxy) is 1. The molecule has 0 radical (unpaired) electrons. The molecule has 4 aromatic rings. The van der Waals surface area contributed by atoms with Gasteiger partial charge in [-0.15, -0.1) is 0 Å². The van der Waals surface area contributed by atoms with Crippen molar-refractivity contribution >= 4 is 11.3 Å². The average Bonchev–Trinajstić information content (AvgIpc) is 3.65. The minimum absolute atomic E-state index is 0.474. The normalized spacial score (nSPS) is 17.9. The highest BCUT2D eigenvalue weighted by Crippen LogP contribution is 2.36. The second-order valence-corrected chi connectivity index (χ2v) is 9.69. The largest absolute Gasteiger partial charge is 0.475 e. The van der Waals surface area contributed by atoms with Crippen molar-refractivity contribution in [1.29, 1.82) is 5.26 Å². The molecule has 1 N–H and O–H groups in total. The van der Waals surface area contributed by atoms with Crippen LogP contribution in [0, 0.1) is 17.2 Å². The molecule has 0 spiro atoms. The summed E-state index contributed by atoms with van der Waals surface area (Å²) in [6.45, 7) is 4.84.